The summed E-state index contributed by atoms with van der Waals surface area (Å²) in [6.45, 7) is 0. The Labute approximate surface area is 104 Å². The largest absolute Gasteiger partial charge is 0.291 e. The Kier molecular flexibility index (Phi) is 4.24. The van der Waals surface area contributed by atoms with Crippen LogP contribution in [-0.4, -0.2) is 9.52 Å². The van der Waals surface area contributed by atoms with Crippen molar-refractivity contribution in [2.45, 2.75) is 3.74 Å². The second-order valence-corrected chi connectivity index (χ2v) is 7.73. The van der Waals surface area contributed by atoms with E-state index in [-0.39, 0.29) is 9.52 Å². The fraction of sp³-hybridized carbons (Fsp3) is 0.167. The van der Waals surface area contributed by atoms with E-state index in [2.05, 4.69) is 47.8 Å². The van der Waals surface area contributed by atoms with Crippen LogP contribution in [0.1, 0.15) is 9.67 Å². The molecule has 1 rings (SSSR count). The van der Waals surface area contributed by atoms with Crippen LogP contribution in [0.2, 0.25) is 5.02 Å². The molecule has 0 aliphatic heterocycles. The number of halogens is 4. The van der Waals surface area contributed by atoms with Crippen molar-refractivity contribution in [3.05, 3.63) is 19.8 Å². The second kappa shape index (κ2) is 4.55. The van der Waals surface area contributed by atoms with E-state index >= 15 is 0 Å². The first-order chi connectivity index (χ1) is 5.52. The lowest BCUT2D eigenvalue weighted by Crippen LogP contribution is -2.03. The molecule has 1 nitrogen and oxygen atoms in total. The van der Waals surface area contributed by atoms with Crippen LogP contribution in [0.25, 0.3) is 0 Å². The molecule has 0 aliphatic carbocycles. The molecular formula is C6H2Br3ClOS. The molecule has 0 atom stereocenters. The molecule has 0 aromatic carbocycles. The van der Waals surface area contributed by atoms with Gasteiger partial charge in [-0.25, -0.2) is 0 Å². The summed E-state index contributed by atoms with van der Waals surface area (Å²) in [4.78, 5) is 12.0. The molecule has 0 N–H and O–H groups in total. The van der Waals surface area contributed by atoms with Crippen LogP contribution in [-0.2, 0) is 0 Å². The van der Waals surface area contributed by atoms with E-state index in [1.54, 1.807) is 6.07 Å². The molecule has 0 saturated heterocycles. The van der Waals surface area contributed by atoms with Gasteiger partial charge in [-0.3, -0.25) is 4.79 Å². The minimum absolute atomic E-state index is 0.0207. The SMILES string of the molecule is O=C(c1cc(Cl)c(Br)s1)C(Br)Br. The first-order valence-electron chi connectivity index (χ1n) is 2.79. The van der Waals surface area contributed by atoms with E-state index in [9.17, 15) is 4.79 Å². The zero-order chi connectivity index (χ0) is 9.30. The summed E-state index contributed by atoms with van der Waals surface area (Å²) in [5.74, 6) is -0.0207. The highest BCUT2D eigenvalue weighted by atomic mass is 79.9. The highest BCUT2D eigenvalue weighted by Crippen LogP contribution is 2.33. The quantitative estimate of drug-likeness (QED) is 0.532. The smallest absolute Gasteiger partial charge is 0.197 e. The van der Waals surface area contributed by atoms with E-state index < -0.39 is 0 Å². The summed E-state index contributed by atoms with van der Waals surface area (Å²) < 4.78 is 0.444. The van der Waals surface area contributed by atoms with Gasteiger partial charge in [-0.2, -0.15) is 0 Å². The van der Waals surface area contributed by atoms with E-state index in [0.717, 1.165) is 3.79 Å². The molecule has 66 valence electrons. The summed E-state index contributed by atoms with van der Waals surface area (Å²) >= 11 is 16.6. The van der Waals surface area contributed by atoms with E-state index in [4.69, 9.17) is 11.6 Å². The van der Waals surface area contributed by atoms with Crippen LogP contribution in [0.15, 0.2) is 9.85 Å². The standard InChI is InChI=1S/C6H2Br3ClOS/c7-5(8)4(11)3-1-2(10)6(9)12-3/h1,5H. The molecule has 0 unspecified atom stereocenters. The minimum atomic E-state index is -0.341. The number of thiophene rings is 1. The molecule has 0 bridgehead atoms. The number of Topliss-reactive ketones (excluding diaryl/α,β-unsaturated/α-hetero) is 1. The zero-order valence-corrected chi connectivity index (χ0v) is 11.8. The third kappa shape index (κ3) is 2.54. The number of hydrogen-bond donors (Lipinski definition) is 0. The third-order valence-electron chi connectivity index (χ3n) is 1.09. The van der Waals surface area contributed by atoms with Crippen molar-refractivity contribution in [2.24, 2.45) is 0 Å². The molecule has 0 radical (unpaired) electrons. The molecule has 6 heteroatoms. The monoisotopic (exact) mass is 394 g/mol. The van der Waals surface area contributed by atoms with E-state index in [1.165, 1.54) is 11.3 Å². The summed E-state index contributed by atoms with van der Waals surface area (Å²) in [7, 11) is 0. The van der Waals surface area contributed by atoms with Crippen molar-refractivity contribution >= 4 is 76.5 Å². The molecule has 0 saturated carbocycles. The van der Waals surface area contributed by atoms with Crippen LogP contribution in [0.5, 0.6) is 0 Å². The minimum Gasteiger partial charge on any atom is -0.291 e. The van der Waals surface area contributed by atoms with Gasteiger partial charge < -0.3 is 0 Å². The van der Waals surface area contributed by atoms with Crippen molar-refractivity contribution < 1.29 is 4.79 Å². The van der Waals surface area contributed by atoms with E-state index in [1.807, 2.05) is 0 Å². The molecule has 1 aromatic heterocycles. The number of hydrogen-bond acceptors (Lipinski definition) is 2. The maximum Gasteiger partial charge on any atom is 0.197 e. The number of rotatable bonds is 2. The Hall–Kier alpha value is 1.10. The van der Waals surface area contributed by atoms with Crippen molar-refractivity contribution in [2.75, 3.05) is 0 Å². The third-order valence-corrected chi connectivity index (χ3v) is 4.41. The van der Waals surface area contributed by atoms with Crippen LogP contribution in [0.3, 0.4) is 0 Å². The molecule has 12 heavy (non-hydrogen) atoms. The van der Waals surface area contributed by atoms with Gasteiger partial charge in [0.2, 0.25) is 0 Å². The fourth-order valence-corrected chi connectivity index (χ4v) is 3.04. The molecule has 1 aromatic rings. The van der Waals surface area contributed by atoms with Gasteiger partial charge >= 0.3 is 0 Å². The molecule has 0 spiro atoms. The van der Waals surface area contributed by atoms with Crippen LogP contribution in [0.4, 0.5) is 0 Å². The maximum absolute atomic E-state index is 11.3. The molecular weight excluding hydrogens is 395 g/mol. The number of alkyl halides is 2. The number of carbonyl (C=O) groups excluding carboxylic acids is 1. The first kappa shape index (κ1) is 11.2. The van der Waals surface area contributed by atoms with Gasteiger partial charge in [-0.15, -0.1) is 11.3 Å². The van der Waals surface area contributed by atoms with Gasteiger partial charge in [0.25, 0.3) is 0 Å². The fourth-order valence-electron chi connectivity index (χ4n) is 0.576. The zero-order valence-electron chi connectivity index (χ0n) is 5.48. The van der Waals surface area contributed by atoms with E-state index in [0.29, 0.717) is 9.90 Å². The second-order valence-electron chi connectivity index (χ2n) is 1.90. The number of carbonyl (C=O) groups is 1. The lowest BCUT2D eigenvalue weighted by Gasteiger charge is -1.94. The lowest BCUT2D eigenvalue weighted by atomic mass is 10.4. The average Bonchev–Trinajstić information content (AvgIpc) is 2.30. The highest BCUT2D eigenvalue weighted by Gasteiger charge is 2.17. The number of ketones is 1. The Morgan fingerprint density at radius 1 is 1.58 bits per heavy atom. The van der Waals surface area contributed by atoms with Crippen LogP contribution < -0.4 is 0 Å². The molecule has 1 heterocycles. The summed E-state index contributed by atoms with van der Waals surface area (Å²) in [6.07, 6.45) is 0. The van der Waals surface area contributed by atoms with Crippen molar-refractivity contribution in [3.8, 4) is 0 Å². The predicted octanol–water partition coefficient (Wildman–Crippen LogP) is 4.46. The summed E-state index contributed by atoms with van der Waals surface area (Å²) in [6, 6.07) is 1.65. The van der Waals surface area contributed by atoms with Crippen molar-refractivity contribution in [1.29, 1.82) is 0 Å². The van der Waals surface area contributed by atoms with Gasteiger partial charge in [-0.1, -0.05) is 43.5 Å². The van der Waals surface area contributed by atoms with Gasteiger partial charge in [0.05, 0.1) is 13.7 Å². The molecule has 0 fully saturated rings. The van der Waals surface area contributed by atoms with Gasteiger partial charge in [0, 0.05) is 0 Å². The predicted molar refractivity (Wildman–Crippen MR) is 63.0 cm³/mol. The van der Waals surface area contributed by atoms with Gasteiger partial charge in [0.15, 0.2) is 5.78 Å². The normalized spacial score (nSPS) is 10.8. The van der Waals surface area contributed by atoms with Gasteiger partial charge in [0.1, 0.15) is 3.74 Å². The molecule has 0 aliphatic rings. The molecule has 0 amide bonds. The Bertz CT molecular complexity index is 290. The Morgan fingerprint density at radius 3 is 2.50 bits per heavy atom. The average molecular weight is 397 g/mol. The summed E-state index contributed by atoms with van der Waals surface area (Å²) in [5, 5.41) is 0.573. The topological polar surface area (TPSA) is 17.1 Å². The van der Waals surface area contributed by atoms with Crippen LogP contribution >= 0.6 is 70.7 Å². The highest BCUT2D eigenvalue weighted by molar-refractivity contribution is 9.25. The first-order valence-corrected chi connectivity index (χ1v) is 6.61. The maximum atomic E-state index is 11.3. The Morgan fingerprint density at radius 2 is 2.17 bits per heavy atom. The van der Waals surface area contributed by atoms with Gasteiger partial charge in [-0.05, 0) is 22.0 Å². The Balaban J connectivity index is 2.97. The van der Waals surface area contributed by atoms with Crippen molar-refractivity contribution in [1.82, 2.24) is 0 Å². The summed E-state index contributed by atoms with van der Waals surface area (Å²) in [5.41, 5.74) is 0. The van der Waals surface area contributed by atoms with Crippen LogP contribution in [0, 0.1) is 0 Å². The van der Waals surface area contributed by atoms with Crippen molar-refractivity contribution in [3.63, 3.8) is 0 Å². The lowest BCUT2D eigenvalue weighted by molar-refractivity contribution is 0.102.